The second kappa shape index (κ2) is 13.8. The van der Waals surface area contributed by atoms with Crippen LogP contribution in [0.25, 0.3) is 11.2 Å². The molecule has 2 aliphatic heterocycles. The molecular formula is C21H29N7O17P3+. The third-order valence-electron chi connectivity index (χ3n) is 6.98. The highest BCUT2D eigenvalue weighted by atomic mass is 31.3. The third-order valence-corrected chi connectivity index (χ3v) is 10.1. The Morgan fingerprint density at radius 1 is 0.958 bits per heavy atom. The van der Waals surface area contributed by atoms with Gasteiger partial charge in [-0.1, -0.05) is 0 Å². The first-order valence-corrected chi connectivity index (χ1v) is 17.9. The van der Waals surface area contributed by atoms with Gasteiger partial charge in [0.05, 0.1) is 19.5 Å². The summed E-state index contributed by atoms with van der Waals surface area (Å²) in [7, 11) is -16.3. The molecule has 48 heavy (non-hydrogen) atoms. The molecule has 0 radical (unpaired) electrons. The predicted octanol–water partition coefficient (Wildman–Crippen LogP) is -2.90. The molecule has 24 nitrogen and oxygen atoms in total. The molecule has 264 valence electrons. The molecule has 3 aromatic heterocycles. The number of rotatable bonds is 13. The highest BCUT2D eigenvalue weighted by Gasteiger charge is 2.51. The van der Waals surface area contributed by atoms with Crippen LogP contribution in [0, 0.1) is 0 Å². The molecule has 0 spiro atoms. The Hall–Kier alpha value is -2.86. The Balaban J connectivity index is 1.21. The number of ether oxygens (including phenoxy) is 2. The molecule has 1 amide bonds. The molecule has 2 saturated heterocycles. The van der Waals surface area contributed by atoms with Gasteiger partial charge in [-0.3, -0.25) is 22.9 Å². The van der Waals surface area contributed by atoms with Crippen LogP contribution in [0.3, 0.4) is 0 Å². The van der Waals surface area contributed by atoms with E-state index in [1.54, 1.807) is 0 Å². The lowest BCUT2D eigenvalue weighted by atomic mass is 10.1. The van der Waals surface area contributed by atoms with E-state index in [1.165, 1.54) is 29.1 Å². The summed E-state index contributed by atoms with van der Waals surface area (Å²) in [6.07, 6.45) is -8.39. The average molecular weight is 744 g/mol. The van der Waals surface area contributed by atoms with Crippen LogP contribution in [-0.2, 0) is 41.1 Å². The van der Waals surface area contributed by atoms with E-state index in [0.717, 1.165) is 17.2 Å². The van der Waals surface area contributed by atoms with Gasteiger partial charge in [0.1, 0.15) is 47.9 Å². The number of aromatic nitrogens is 5. The summed E-state index contributed by atoms with van der Waals surface area (Å²) < 4.78 is 68.4. The average Bonchev–Trinajstić information content (AvgIpc) is 3.64. The molecule has 10 atom stereocenters. The van der Waals surface area contributed by atoms with Crippen molar-refractivity contribution in [3.63, 3.8) is 0 Å². The zero-order valence-electron chi connectivity index (χ0n) is 23.9. The van der Waals surface area contributed by atoms with Crippen LogP contribution in [0.5, 0.6) is 0 Å². The fourth-order valence-corrected chi connectivity index (χ4v) is 7.47. The molecule has 0 aliphatic carbocycles. The van der Waals surface area contributed by atoms with E-state index >= 15 is 0 Å². The Kier molecular flexibility index (Phi) is 10.5. The van der Waals surface area contributed by atoms with Gasteiger partial charge in [0.25, 0.3) is 12.1 Å². The molecular weight excluding hydrogens is 715 g/mol. The van der Waals surface area contributed by atoms with E-state index in [2.05, 4.69) is 23.8 Å². The lowest BCUT2D eigenvalue weighted by molar-refractivity contribution is -0.765. The lowest BCUT2D eigenvalue weighted by Crippen LogP contribution is -2.46. The molecule has 11 N–H and O–H groups in total. The molecule has 0 saturated carbocycles. The number of nitrogen functional groups attached to an aromatic ring is 1. The minimum Gasteiger partial charge on any atom is -0.387 e. The van der Waals surface area contributed by atoms with E-state index < -0.39 is 91.7 Å². The number of carbonyl (C=O) groups excluding carboxylic acids is 1. The SMILES string of the molecule is NC(=O)c1ccc[n+](C2OC(COP(=O)(O)OP(=O)(O)OC[C@H]3O[C@@H](n4cnc5c(N)ncnc54)[C@H](OP(=O)(O)O)[C@@H]3O)[C@H](O)[C@@H]2O)c1. The van der Waals surface area contributed by atoms with Crippen molar-refractivity contribution in [2.75, 3.05) is 18.9 Å². The van der Waals surface area contributed by atoms with Gasteiger partial charge in [-0.2, -0.15) is 8.88 Å². The highest BCUT2D eigenvalue weighted by molar-refractivity contribution is 7.61. The van der Waals surface area contributed by atoms with Crippen LogP contribution in [0.2, 0.25) is 0 Å². The second-order valence-electron chi connectivity index (χ2n) is 10.3. The Morgan fingerprint density at radius 2 is 1.60 bits per heavy atom. The standard InChI is InChI=1S/C21H28N7O17P3/c22-17-12-19(25-7-24-17)28(8-26-12)21-16(44-46(33,34)35)14(30)11(43-21)6-41-48(38,39)45-47(36,37)40-5-10-13(29)15(31)20(42-10)27-3-1-2-9(4-27)18(23)32/h1-4,7-8,10-11,13-16,20-21,29-31H,5-6H2,(H7-,22,23,24,25,32,33,34,35,36,37,38,39)/p+1/t10?,11-,13+,14-,15+,16-,20?,21-/m1/s1. The number of primary amides is 1. The van der Waals surface area contributed by atoms with Gasteiger partial charge in [0.15, 0.2) is 36.2 Å². The Labute approximate surface area is 267 Å². The number of pyridine rings is 1. The predicted molar refractivity (Wildman–Crippen MR) is 150 cm³/mol. The molecule has 2 fully saturated rings. The van der Waals surface area contributed by atoms with Gasteiger partial charge >= 0.3 is 23.5 Å². The van der Waals surface area contributed by atoms with Gasteiger partial charge in [0, 0.05) is 6.07 Å². The summed E-state index contributed by atoms with van der Waals surface area (Å²) in [4.78, 5) is 62.2. The van der Waals surface area contributed by atoms with Crippen molar-refractivity contribution in [3.05, 3.63) is 42.7 Å². The molecule has 4 unspecified atom stereocenters. The summed E-state index contributed by atoms with van der Waals surface area (Å²) >= 11 is 0. The molecule has 0 aromatic carbocycles. The van der Waals surface area contributed by atoms with Crippen LogP contribution in [0.1, 0.15) is 22.8 Å². The van der Waals surface area contributed by atoms with Crippen LogP contribution in [-0.4, -0.2) is 110 Å². The first-order valence-electron chi connectivity index (χ1n) is 13.3. The van der Waals surface area contributed by atoms with Crippen LogP contribution < -0.4 is 16.0 Å². The summed E-state index contributed by atoms with van der Waals surface area (Å²) in [5.74, 6) is -0.848. The summed E-state index contributed by atoms with van der Waals surface area (Å²) in [5, 5.41) is 31.5. The second-order valence-corrected chi connectivity index (χ2v) is 14.5. The zero-order valence-corrected chi connectivity index (χ0v) is 26.6. The molecule has 5 heterocycles. The van der Waals surface area contributed by atoms with Crippen molar-refractivity contribution in [1.29, 1.82) is 0 Å². The van der Waals surface area contributed by atoms with Gasteiger partial charge in [-0.05, 0) is 6.07 Å². The number of fused-ring (bicyclic) bond motifs is 1. The smallest absolute Gasteiger partial charge is 0.387 e. The minimum atomic E-state index is -5.52. The number of aliphatic hydroxyl groups excluding tert-OH is 3. The van der Waals surface area contributed by atoms with E-state index in [4.69, 9.17) is 30.0 Å². The third kappa shape index (κ3) is 8.12. The van der Waals surface area contributed by atoms with Crippen molar-refractivity contribution in [1.82, 2.24) is 19.5 Å². The van der Waals surface area contributed by atoms with Crippen molar-refractivity contribution < 1.29 is 85.3 Å². The number of hydrogen-bond donors (Lipinski definition) is 9. The number of imidazole rings is 1. The number of nitrogens with zero attached hydrogens (tertiary/aromatic N) is 5. The number of hydrogen-bond acceptors (Lipinski definition) is 17. The topological polar surface area (TPSA) is 365 Å². The summed E-state index contributed by atoms with van der Waals surface area (Å²) in [6, 6.07) is 2.79. The normalized spacial score (nSPS) is 30.3. The monoisotopic (exact) mass is 744 g/mol. The van der Waals surface area contributed by atoms with E-state index in [9.17, 15) is 53.4 Å². The fourth-order valence-electron chi connectivity index (χ4n) is 4.83. The maximum atomic E-state index is 12.6. The van der Waals surface area contributed by atoms with Gasteiger partial charge in [0.2, 0.25) is 0 Å². The molecule has 0 bridgehead atoms. The molecule has 5 rings (SSSR count). The number of nitrogens with two attached hydrogens (primary N) is 2. The molecule has 27 heteroatoms. The number of amides is 1. The zero-order chi connectivity index (χ0) is 35.2. The maximum Gasteiger partial charge on any atom is 0.481 e. The lowest BCUT2D eigenvalue weighted by Gasteiger charge is -2.22. The highest BCUT2D eigenvalue weighted by Crippen LogP contribution is 2.61. The number of aliphatic hydroxyl groups is 3. The minimum absolute atomic E-state index is 0.00286. The fraction of sp³-hybridized carbons (Fsp3) is 0.476. The quantitative estimate of drug-likeness (QED) is 0.0626. The number of phosphoric acid groups is 3. The largest absolute Gasteiger partial charge is 0.481 e. The first-order chi connectivity index (χ1) is 22.4. The Morgan fingerprint density at radius 3 is 2.23 bits per heavy atom. The molecule has 2 aliphatic rings. The van der Waals surface area contributed by atoms with Gasteiger partial charge < -0.3 is 55.8 Å². The van der Waals surface area contributed by atoms with E-state index in [1.807, 2.05) is 0 Å². The van der Waals surface area contributed by atoms with Crippen molar-refractivity contribution in [2.24, 2.45) is 5.73 Å². The van der Waals surface area contributed by atoms with Gasteiger partial charge in [-0.25, -0.2) is 28.6 Å². The maximum absolute atomic E-state index is 12.6. The summed E-state index contributed by atoms with van der Waals surface area (Å²) in [6.45, 7) is -2.03. The van der Waals surface area contributed by atoms with Crippen molar-refractivity contribution in [2.45, 2.75) is 49.1 Å². The van der Waals surface area contributed by atoms with E-state index in [-0.39, 0.29) is 22.5 Å². The van der Waals surface area contributed by atoms with Crippen LogP contribution >= 0.6 is 23.5 Å². The van der Waals surface area contributed by atoms with Crippen LogP contribution in [0.4, 0.5) is 5.82 Å². The summed E-state index contributed by atoms with van der Waals surface area (Å²) in [5.41, 5.74) is 11.1. The van der Waals surface area contributed by atoms with Crippen molar-refractivity contribution >= 4 is 46.4 Å². The van der Waals surface area contributed by atoms with Crippen LogP contribution in [0.15, 0.2) is 37.2 Å². The van der Waals surface area contributed by atoms with E-state index in [0.29, 0.717) is 0 Å². The first kappa shape index (κ1) is 36.4. The number of carbonyl (C=O) groups is 1. The Bertz CT molecular complexity index is 1810. The van der Waals surface area contributed by atoms with Crippen molar-refractivity contribution in [3.8, 4) is 0 Å². The number of anilines is 1. The number of phosphoric ester groups is 3. The molecule has 3 aromatic rings. The van der Waals surface area contributed by atoms with Gasteiger partial charge in [-0.15, -0.1) is 0 Å².